The largest absolute Gasteiger partial charge is 0.497 e. The lowest BCUT2D eigenvalue weighted by Crippen LogP contribution is -2.12. The molecule has 0 fully saturated rings. The first-order valence-electron chi connectivity index (χ1n) is 4.93. The summed E-state index contributed by atoms with van der Waals surface area (Å²) >= 11 is 0. The van der Waals surface area contributed by atoms with Crippen LogP contribution in [0, 0.1) is 0 Å². The Morgan fingerprint density at radius 1 is 1.44 bits per heavy atom. The summed E-state index contributed by atoms with van der Waals surface area (Å²) in [5.41, 5.74) is 1.07. The molecule has 1 unspecified atom stereocenters. The predicted octanol–water partition coefficient (Wildman–Crippen LogP) is 1.94. The molecular formula is C12H15NO3. The highest BCUT2D eigenvalue weighted by atomic mass is 16.5. The van der Waals surface area contributed by atoms with E-state index in [1.54, 1.807) is 7.11 Å². The fourth-order valence-electron chi connectivity index (χ4n) is 1.25. The summed E-state index contributed by atoms with van der Waals surface area (Å²) in [6.45, 7) is 1.95. The minimum atomic E-state index is -0.963. The zero-order valence-electron chi connectivity index (χ0n) is 9.31. The second-order valence-corrected chi connectivity index (χ2v) is 3.33. The predicted molar refractivity (Wildman–Crippen MR) is 61.3 cm³/mol. The molecule has 0 aliphatic rings. The lowest BCUT2D eigenvalue weighted by Gasteiger charge is -2.12. The van der Waals surface area contributed by atoms with Gasteiger partial charge in [0.15, 0.2) is 0 Å². The van der Waals surface area contributed by atoms with Gasteiger partial charge in [0.1, 0.15) is 5.75 Å². The number of aliphatic carboxylic acids is 1. The maximum absolute atomic E-state index is 10.3. The quantitative estimate of drug-likeness (QED) is 0.746. The summed E-state index contributed by atoms with van der Waals surface area (Å²) < 4.78 is 5.05. The maximum atomic E-state index is 10.3. The fourth-order valence-corrected chi connectivity index (χ4v) is 1.25. The number of methoxy groups -OCH3 is 1. The second kappa shape index (κ2) is 5.80. The first kappa shape index (κ1) is 12.1. The Bertz CT molecular complexity index is 370. The number of carbonyl (C=O) groups is 1. The van der Waals surface area contributed by atoms with Crippen molar-refractivity contribution in [2.75, 3.05) is 7.11 Å². The molecule has 4 heteroatoms. The van der Waals surface area contributed by atoms with E-state index >= 15 is 0 Å². The van der Waals surface area contributed by atoms with E-state index in [9.17, 15) is 4.79 Å². The topological polar surface area (TPSA) is 58.6 Å². The Labute approximate surface area is 94.6 Å². The van der Waals surface area contributed by atoms with Gasteiger partial charge in [0.05, 0.1) is 7.11 Å². The molecule has 86 valence electrons. The normalized spacial score (nSPS) is 12.4. The van der Waals surface area contributed by atoms with Crippen LogP contribution in [-0.2, 0) is 4.79 Å². The third-order valence-electron chi connectivity index (χ3n) is 2.19. The standard InChI is InChI=1S/C12H15NO3/c1-9(13-8-7-12(14)15)10-3-5-11(16-2)6-4-10/h3-9,13H,1-2H3,(H,14,15)/b8-7+. The molecule has 0 amide bonds. The molecular weight excluding hydrogens is 206 g/mol. The Hall–Kier alpha value is -1.97. The molecule has 0 aromatic heterocycles. The molecule has 1 aromatic rings. The number of rotatable bonds is 5. The summed E-state index contributed by atoms with van der Waals surface area (Å²) in [4.78, 5) is 10.3. The van der Waals surface area contributed by atoms with Crippen LogP contribution >= 0.6 is 0 Å². The molecule has 1 rings (SSSR count). The van der Waals surface area contributed by atoms with Crippen molar-refractivity contribution in [2.45, 2.75) is 13.0 Å². The smallest absolute Gasteiger partial charge is 0.329 e. The van der Waals surface area contributed by atoms with Crippen molar-refractivity contribution in [2.24, 2.45) is 0 Å². The van der Waals surface area contributed by atoms with Crippen molar-refractivity contribution >= 4 is 5.97 Å². The van der Waals surface area contributed by atoms with Crippen LogP contribution < -0.4 is 10.1 Å². The summed E-state index contributed by atoms with van der Waals surface area (Å²) in [5.74, 6) is -0.161. The Kier molecular flexibility index (Phi) is 4.39. The summed E-state index contributed by atoms with van der Waals surface area (Å²) in [6, 6.07) is 7.67. The van der Waals surface area contributed by atoms with E-state index in [0.29, 0.717) is 0 Å². The van der Waals surface area contributed by atoms with E-state index in [1.807, 2.05) is 31.2 Å². The van der Waals surface area contributed by atoms with Crippen LogP contribution in [0.4, 0.5) is 0 Å². The van der Waals surface area contributed by atoms with Crippen LogP contribution in [-0.4, -0.2) is 18.2 Å². The van der Waals surface area contributed by atoms with Crippen LogP contribution in [0.25, 0.3) is 0 Å². The molecule has 0 bridgehead atoms. The first-order chi connectivity index (χ1) is 7.63. The van der Waals surface area contributed by atoms with E-state index in [0.717, 1.165) is 17.4 Å². The lowest BCUT2D eigenvalue weighted by atomic mass is 10.1. The van der Waals surface area contributed by atoms with Crippen molar-refractivity contribution in [3.8, 4) is 5.75 Å². The minimum Gasteiger partial charge on any atom is -0.497 e. The van der Waals surface area contributed by atoms with Crippen molar-refractivity contribution in [1.82, 2.24) is 5.32 Å². The van der Waals surface area contributed by atoms with Gasteiger partial charge in [0.2, 0.25) is 0 Å². The Morgan fingerprint density at radius 3 is 2.56 bits per heavy atom. The number of hydrogen-bond acceptors (Lipinski definition) is 3. The number of hydrogen-bond donors (Lipinski definition) is 2. The van der Waals surface area contributed by atoms with Crippen LogP contribution in [0.15, 0.2) is 36.5 Å². The summed E-state index contributed by atoms with van der Waals surface area (Å²) in [7, 11) is 1.62. The van der Waals surface area contributed by atoms with Gasteiger partial charge < -0.3 is 15.2 Å². The molecule has 0 aliphatic heterocycles. The van der Waals surface area contributed by atoms with Crippen molar-refractivity contribution in [1.29, 1.82) is 0 Å². The zero-order chi connectivity index (χ0) is 12.0. The van der Waals surface area contributed by atoms with E-state index in [4.69, 9.17) is 9.84 Å². The molecule has 2 N–H and O–H groups in total. The lowest BCUT2D eigenvalue weighted by molar-refractivity contribution is -0.131. The monoisotopic (exact) mass is 221 g/mol. The van der Waals surface area contributed by atoms with Gasteiger partial charge in [-0.2, -0.15) is 0 Å². The molecule has 1 aromatic carbocycles. The number of carboxylic acids is 1. The highest BCUT2D eigenvalue weighted by Crippen LogP contribution is 2.16. The first-order valence-corrected chi connectivity index (χ1v) is 4.93. The van der Waals surface area contributed by atoms with Gasteiger partial charge in [-0.3, -0.25) is 0 Å². The van der Waals surface area contributed by atoms with E-state index in [-0.39, 0.29) is 6.04 Å². The van der Waals surface area contributed by atoms with Gasteiger partial charge in [-0.1, -0.05) is 12.1 Å². The third-order valence-corrected chi connectivity index (χ3v) is 2.19. The van der Waals surface area contributed by atoms with Crippen molar-refractivity contribution in [3.05, 3.63) is 42.1 Å². The molecule has 0 radical (unpaired) electrons. The Morgan fingerprint density at radius 2 is 2.06 bits per heavy atom. The third kappa shape index (κ3) is 3.65. The number of ether oxygens (including phenoxy) is 1. The number of benzene rings is 1. The van der Waals surface area contributed by atoms with Gasteiger partial charge in [0, 0.05) is 18.3 Å². The van der Waals surface area contributed by atoms with Gasteiger partial charge in [-0.05, 0) is 24.6 Å². The molecule has 0 aliphatic carbocycles. The van der Waals surface area contributed by atoms with Gasteiger partial charge >= 0.3 is 5.97 Å². The van der Waals surface area contributed by atoms with E-state index in [1.165, 1.54) is 6.20 Å². The molecule has 0 spiro atoms. The minimum absolute atomic E-state index is 0.0570. The molecule has 0 heterocycles. The zero-order valence-corrected chi connectivity index (χ0v) is 9.31. The average Bonchev–Trinajstić information content (AvgIpc) is 2.28. The van der Waals surface area contributed by atoms with E-state index in [2.05, 4.69) is 5.32 Å². The number of carboxylic acid groups (broad SMARTS) is 1. The van der Waals surface area contributed by atoms with E-state index < -0.39 is 5.97 Å². The number of nitrogens with one attached hydrogen (secondary N) is 1. The summed E-state index contributed by atoms with van der Waals surface area (Å²) in [5, 5.41) is 11.4. The molecule has 1 atom stereocenters. The van der Waals surface area contributed by atoms with Crippen LogP contribution in [0.2, 0.25) is 0 Å². The fraction of sp³-hybridized carbons (Fsp3) is 0.250. The van der Waals surface area contributed by atoms with Crippen molar-refractivity contribution < 1.29 is 14.6 Å². The Balaban J connectivity index is 2.58. The molecule has 4 nitrogen and oxygen atoms in total. The highest BCUT2D eigenvalue weighted by Gasteiger charge is 2.02. The summed E-state index contributed by atoms with van der Waals surface area (Å²) in [6.07, 6.45) is 2.50. The second-order valence-electron chi connectivity index (χ2n) is 3.33. The van der Waals surface area contributed by atoms with Gasteiger partial charge in [-0.25, -0.2) is 4.79 Å². The molecule has 16 heavy (non-hydrogen) atoms. The van der Waals surface area contributed by atoms with Crippen LogP contribution in [0.3, 0.4) is 0 Å². The van der Waals surface area contributed by atoms with Crippen molar-refractivity contribution in [3.63, 3.8) is 0 Å². The highest BCUT2D eigenvalue weighted by molar-refractivity contribution is 5.79. The maximum Gasteiger partial charge on any atom is 0.329 e. The van der Waals surface area contributed by atoms with Gasteiger partial charge in [-0.15, -0.1) is 0 Å². The van der Waals surface area contributed by atoms with Crippen LogP contribution in [0.1, 0.15) is 18.5 Å². The van der Waals surface area contributed by atoms with Crippen LogP contribution in [0.5, 0.6) is 5.75 Å². The SMILES string of the molecule is COc1ccc(C(C)N/C=C/C(=O)O)cc1. The average molecular weight is 221 g/mol. The van der Waals surface area contributed by atoms with Gasteiger partial charge in [0.25, 0.3) is 0 Å². The molecule has 0 saturated heterocycles. The molecule has 0 saturated carbocycles.